The number of alkyl halides is 3. The summed E-state index contributed by atoms with van der Waals surface area (Å²) >= 11 is 0. The molecular formula is C34H50F3N9O2. The van der Waals surface area contributed by atoms with Gasteiger partial charge in [-0.2, -0.15) is 28.4 Å². The van der Waals surface area contributed by atoms with E-state index in [1.54, 1.807) is 23.8 Å². The molecule has 2 unspecified atom stereocenters. The molecule has 0 aliphatic carbocycles. The van der Waals surface area contributed by atoms with Crippen molar-refractivity contribution >= 4 is 23.1 Å². The number of carbonyl (C=O) groups is 1. The highest BCUT2D eigenvalue weighted by Crippen LogP contribution is 2.43. The van der Waals surface area contributed by atoms with Crippen LogP contribution in [0.15, 0.2) is 24.8 Å². The first-order chi connectivity index (χ1) is 22.5. The maximum absolute atomic E-state index is 14.3. The van der Waals surface area contributed by atoms with Crippen LogP contribution >= 0.6 is 0 Å². The summed E-state index contributed by atoms with van der Waals surface area (Å²) in [6.07, 6.45) is -0.670. The lowest BCUT2D eigenvalue weighted by Crippen LogP contribution is -2.55. The molecule has 2 N–H and O–H groups in total. The summed E-state index contributed by atoms with van der Waals surface area (Å²) in [5.74, 6) is 0.409. The molecule has 2 fully saturated rings. The molecule has 3 aliphatic rings. The fourth-order valence-electron chi connectivity index (χ4n) is 6.61. The van der Waals surface area contributed by atoms with E-state index >= 15 is 0 Å². The van der Waals surface area contributed by atoms with E-state index in [1.807, 2.05) is 18.7 Å². The Balaban J connectivity index is 0.00000204. The molecule has 48 heavy (non-hydrogen) atoms. The minimum absolute atomic E-state index is 0. The number of hydrazine groups is 1. The van der Waals surface area contributed by atoms with E-state index in [0.717, 1.165) is 31.0 Å². The van der Waals surface area contributed by atoms with Gasteiger partial charge in [0.2, 0.25) is 5.91 Å². The van der Waals surface area contributed by atoms with Gasteiger partial charge in [-0.25, -0.2) is 5.43 Å². The second-order valence-corrected chi connectivity index (χ2v) is 11.7. The number of ether oxygens (including phenoxy) is 1. The van der Waals surface area contributed by atoms with Crippen molar-refractivity contribution in [2.24, 2.45) is 0 Å². The molecule has 0 radical (unpaired) electrons. The van der Waals surface area contributed by atoms with Crippen molar-refractivity contribution in [3.63, 3.8) is 0 Å². The number of rotatable bonds is 9. The fraction of sp³-hybridized carbons (Fsp3) is 0.588. The number of likely N-dealkylation sites (tertiary alicyclic amines) is 1. The van der Waals surface area contributed by atoms with E-state index in [2.05, 4.69) is 35.4 Å². The predicted molar refractivity (Wildman–Crippen MR) is 183 cm³/mol. The maximum atomic E-state index is 14.3. The Bertz CT molecular complexity index is 1460. The van der Waals surface area contributed by atoms with Crippen LogP contribution in [0, 0.1) is 18.3 Å². The molecule has 1 aromatic carbocycles. The van der Waals surface area contributed by atoms with Gasteiger partial charge in [0.25, 0.3) is 0 Å². The molecule has 264 valence electrons. The number of hydrogen-bond acceptors (Lipinski definition) is 10. The number of benzene rings is 1. The largest absolute Gasteiger partial charge is 0.462 e. The highest BCUT2D eigenvalue weighted by atomic mass is 19.4. The Labute approximate surface area is 282 Å². The van der Waals surface area contributed by atoms with E-state index in [-0.39, 0.29) is 50.1 Å². The molecule has 5 rings (SSSR count). The third-order valence-corrected chi connectivity index (χ3v) is 8.98. The van der Waals surface area contributed by atoms with Gasteiger partial charge in [-0.15, -0.1) is 0 Å². The van der Waals surface area contributed by atoms with Crippen LogP contribution in [-0.2, 0) is 23.9 Å². The molecule has 2 aromatic rings. The molecule has 1 aromatic heterocycles. The molecule has 0 spiro atoms. The standard InChI is InChI=1S/C31H40F3N9O2.C2H6.CH4/c1-5-27(44)43-16-15-42(17-21(43)10-12-35)29-23-11-14-41(28-20(2)25(39-36-3)9-8-24(28)31(32,33)34)18-26(23)37-30(38-29)45-19-22-7-6-13-40(22)4;1-2;/h5,8-9,21-22,36,39H,1,6-7,10-11,13-19H2,2-4H3;1-2H3;1H4. The Morgan fingerprint density at radius 3 is 2.54 bits per heavy atom. The Hall–Kier alpha value is -4.09. The van der Waals surface area contributed by atoms with Crippen LogP contribution in [0.3, 0.4) is 0 Å². The SMILES string of the molecule is C.C=CC(=O)N1CCN(c2nc(OCC3CCCN3C)nc3c2CCN(c2c(C(F)(F)F)ccc(NNC)c2C)C3)CC1CC#N.CC. The zero-order valence-electron chi connectivity index (χ0n) is 28.0. The highest BCUT2D eigenvalue weighted by Gasteiger charge is 2.38. The van der Waals surface area contributed by atoms with Crippen molar-refractivity contribution < 1.29 is 22.7 Å². The molecule has 4 heterocycles. The lowest BCUT2D eigenvalue weighted by molar-refractivity contribution is -0.137. The molecular weight excluding hydrogens is 623 g/mol. The number of nitriles is 1. The quantitative estimate of drug-likeness (QED) is 0.273. The van der Waals surface area contributed by atoms with Gasteiger partial charge >= 0.3 is 12.2 Å². The number of piperazine rings is 1. The van der Waals surface area contributed by atoms with E-state index in [1.165, 1.54) is 12.1 Å². The number of hydrogen-bond donors (Lipinski definition) is 2. The summed E-state index contributed by atoms with van der Waals surface area (Å²) in [7, 11) is 3.71. The Morgan fingerprint density at radius 1 is 1.17 bits per heavy atom. The summed E-state index contributed by atoms with van der Waals surface area (Å²) in [6, 6.07) is 4.74. The molecule has 1 amide bonds. The van der Waals surface area contributed by atoms with Crippen LogP contribution in [0.1, 0.15) is 62.9 Å². The second kappa shape index (κ2) is 16.8. The average molecular weight is 674 g/mol. The molecule has 3 aliphatic heterocycles. The topological polar surface area (TPSA) is 113 Å². The summed E-state index contributed by atoms with van der Waals surface area (Å²) in [5.41, 5.74) is 7.60. The number of aromatic nitrogens is 2. The zero-order chi connectivity index (χ0) is 34.3. The summed E-state index contributed by atoms with van der Waals surface area (Å²) in [5, 5.41) is 9.50. The number of halogens is 3. The van der Waals surface area contributed by atoms with Gasteiger partial charge < -0.3 is 29.8 Å². The van der Waals surface area contributed by atoms with Crippen LogP contribution in [0.25, 0.3) is 0 Å². The molecule has 14 heteroatoms. The van der Waals surface area contributed by atoms with Crippen molar-refractivity contribution in [1.29, 1.82) is 5.26 Å². The average Bonchev–Trinajstić information content (AvgIpc) is 3.48. The van der Waals surface area contributed by atoms with Crippen LogP contribution in [0.2, 0.25) is 0 Å². The van der Waals surface area contributed by atoms with E-state index < -0.39 is 11.7 Å². The van der Waals surface area contributed by atoms with Gasteiger partial charge in [0.05, 0.1) is 47.7 Å². The summed E-state index contributed by atoms with van der Waals surface area (Å²) in [6.45, 7) is 12.3. The summed E-state index contributed by atoms with van der Waals surface area (Å²) in [4.78, 5) is 29.8. The van der Waals surface area contributed by atoms with Gasteiger partial charge in [0.1, 0.15) is 12.4 Å². The number of nitrogens with zero attached hydrogens (tertiary/aromatic N) is 7. The third kappa shape index (κ3) is 8.30. The van der Waals surface area contributed by atoms with E-state index in [0.29, 0.717) is 62.0 Å². The zero-order valence-corrected chi connectivity index (χ0v) is 28.0. The number of nitrogens with one attached hydrogen (secondary N) is 2. The minimum Gasteiger partial charge on any atom is -0.462 e. The van der Waals surface area contributed by atoms with Crippen molar-refractivity contribution in [3.8, 4) is 12.1 Å². The monoisotopic (exact) mass is 673 g/mol. The van der Waals surface area contributed by atoms with E-state index in [4.69, 9.17) is 14.7 Å². The van der Waals surface area contributed by atoms with Crippen LogP contribution in [0.4, 0.5) is 30.4 Å². The number of fused-ring (bicyclic) bond motifs is 1. The number of likely N-dealkylation sites (N-methyl/N-ethyl adjacent to an activating group) is 1. The van der Waals surface area contributed by atoms with Crippen molar-refractivity contribution in [2.45, 2.75) is 78.7 Å². The van der Waals surface area contributed by atoms with Crippen molar-refractivity contribution in [1.82, 2.24) is 25.2 Å². The molecule has 11 nitrogen and oxygen atoms in total. The first-order valence-corrected chi connectivity index (χ1v) is 16.2. The third-order valence-electron chi connectivity index (χ3n) is 8.98. The lowest BCUT2D eigenvalue weighted by atomic mass is 9.99. The normalized spacial score (nSPS) is 19.4. The first-order valence-electron chi connectivity index (χ1n) is 16.2. The number of amides is 1. The lowest BCUT2D eigenvalue weighted by Gasteiger charge is -2.42. The molecule has 2 saturated heterocycles. The highest BCUT2D eigenvalue weighted by molar-refractivity contribution is 5.87. The van der Waals surface area contributed by atoms with Crippen LogP contribution in [-0.4, -0.2) is 91.2 Å². The van der Waals surface area contributed by atoms with Gasteiger partial charge in [-0.05, 0) is 63.6 Å². The Morgan fingerprint density at radius 2 is 1.92 bits per heavy atom. The summed E-state index contributed by atoms with van der Waals surface area (Å²) < 4.78 is 49.0. The maximum Gasteiger partial charge on any atom is 0.418 e. The van der Waals surface area contributed by atoms with Crippen molar-refractivity contribution in [3.05, 3.63) is 47.2 Å². The molecule has 0 bridgehead atoms. The second-order valence-electron chi connectivity index (χ2n) is 11.7. The number of anilines is 3. The first kappa shape index (κ1) is 38.4. The van der Waals surface area contributed by atoms with Gasteiger partial charge in [-0.3, -0.25) is 4.79 Å². The molecule has 2 atom stereocenters. The van der Waals surface area contributed by atoms with Crippen LogP contribution < -0.4 is 25.4 Å². The van der Waals surface area contributed by atoms with Crippen molar-refractivity contribution in [2.75, 3.05) is 68.7 Å². The van der Waals surface area contributed by atoms with Gasteiger partial charge in [-0.1, -0.05) is 27.9 Å². The van der Waals surface area contributed by atoms with Gasteiger partial charge in [0.15, 0.2) is 0 Å². The smallest absolute Gasteiger partial charge is 0.418 e. The van der Waals surface area contributed by atoms with E-state index in [9.17, 15) is 23.2 Å². The fourth-order valence-corrected chi connectivity index (χ4v) is 6.61. The minimum atomic E-state index is -4.55. The number of carbonyl (C=O) groups excluding carboxylic acids is 1. The molecule has 0 saturated carbocycles. The predicted octanol–water partition coefficient (Wildman–Crippen LogP) is 5.17. The van der Waals surface area contributed by atoms with Gasteiger partial charge in [0, 0.05) is 44.8 Å². The Kier molecular flexibility index (Phi) is 13.5. The van der Waals surface area contributed by atoms with Crippen LogP contribution in [0.5, 0.6) is 6.01 Å².